The second kappa shape index (κ2) is 9.52. The van der Waals surface area contributed by atoms with Crippen molar-refractivity contribution in [1.82, 2.24) is 0 Å². The lowest BCUT2D eigenvalue weighted by Crippen LogP contribution is -2.53. The third-order valence-corrected chi connectivity index (χ3v) is 6.14. The summed E-state index contributed by atoms with van der Waals surface area (Å²) < 4.78 is 46.8. The highest BCUT2D eigenvalue weighted by atomic mass is 32.2. The molecule has 0 N–H and O–H groups in total. The number of hydrogen-bond donors (Lipinski definition) is 0. The molecule has 1 aromatic carbocycles. The third-order valence-electron chi connectivity index (χ3n) is 4.84. The lowest BCUT2D eigenvalue weighted by atomic mass is 9.83. The van der Waals surface area contributed by atoms with Gasteiger partial charge >= 0.3 is 5.97 Å². The minimum atomic E-state index is -3.92. The molecule has 5 unspecified atom stereocenters. The molecule has 8 heteroatoms. The van der Waals surface area contributed by atoms with E-state index in [1.54, 1.807) is 12.1 Å². The van der Waals surface area contributed by atoms with Gasteiger partial charge in [-0.15, -0.1) is 6.42 Å². The quantitative estimate of drug-likeness (QED) is 0.387. The van der Waals surface area contributed by atoms with Gasteiger partial charge in [0.2, 0.25) is 0 Å². The van der Waals surface area contributed by atoms with Crippen LogP contribution >= 0.6 is 0 Å². The second-order valence-electron chi connectivity index (χ2n) is 6.90. The van der Waals surface area contributed by atoms with Gasteiger partial charge in [0.15, 0.2) is 12.4 Å². The van der Waals surface area contributed by atoms with Gasteiger partial charge in [-0.3, -0.25) is 8.98 Å². The Labute approximate surface area is 166 Å². The van der Waals surface area contributed by atoms with Crippen molar-refractivity contribution in [2.45, 2.75) is 51.1 Å². The Morgan fingerprint density at radius 2 is 1.86 bits per heavy atom. The van der Waals surface area contributed by atoms with Crippen LogP contribution in [0.2, 0.25) is 0 Å². The Balaban J connectivity index is 2.11. The van der Waals surface area contributed by atoms with E-state index in [4.69, 9.17) is 24.8 Å². The fourth-order valence-corrected chi connectivity index (χ4v) is 3.92. The number of rotatable bonds is 7. The molecule has 7 nitrogen and oxygen atoms in total. The van der Waals surface area contributed by atoms with E-state index in [0.29, 0.717) is 0 Å². The molecule has 0 aliphatic carbocycles. The summed E-state index contributed by atoms with van der Waals surface area (Å²) in [5, 5.41) is 0. The predicted molar refractivity (Wildman–Crippen MR) is 102 cm³/mol. The predicted octanol–water partition coefficient (Wildman–Crippen LogP) is 2.28. The normalized spacial score (nSPS) is 27.8. The van der Waals surface area contributed by atoms with E-state index in [2.05, 4.69) is 5.92 Å². The first-order valence-corrected chi connectivity index (χ1v) is 10.4. The molecule has 1 fully saturated rings. The van der Waals surface area contributed by atoms with Gasteiger partial charge in [0.1, 0.15) is 6.61 Å². The van der Waals surface area contributed by atoms with Gasteiger partial charge in [-0.25, -0.2) is 0 Å². The highest BCUT2D eigenvalue weighted by molar-refractivity contribution is 7.86. The van der Waals surface area contributed by atoms with Crippen molar-refractivity contribution in [3.8, 4) is 12.3 Å². The van der Waals surface area contributed by atoms with Crippen LogP contribution < -0.4 is 0 Å². The number of hydrogen-bond acceptors (Lipinski definition) is 7. The molecule has 1 aliphatic heterocycles. The van der Waals surface area contributed by atoms with Crippen LogP contribution in [0.15, 0.2) is 29.2 Å². The standard InChI is InChI=1S/C20H26O7S/c1-6-11-24-20-19(26-16(5)21)15(4)14(3)18(27-20)12-25-28(22,23)17-9-7-13(2)8-10-17/h1,7-10,14-15,18-20H,11-12H2,2-5H3. The smallest absolute Gasteiger partial charge is 0.303 e. The van der Waals surface area contributed by atoms with Gasteiger partial charge in [-0.05, 0) is 25.0 Å². The van der Waals surface area contributed by atoms with Gasteiger partial charge in [0, 0.05) is 12.8 Å². The summed E-state index contributed by atoms with van der Waals surface area (Å²) in [6, 6.07) is 6.39. The summed E-state index contributed by atoms with van der Waals surface area (Å²) in [5.74, 6) is 1.58. The zero-order valence-electron chi connectivity index (χ0n) is 16.5. The molecule has 0 aromatic heterocycles. The van der Waals surface area contributed by atoms with Crippen molar-refractivity contribution in [3.63, 3.8) is 0 Å². The molecule has 0 spiro atoms. The third kappa shape index (κ3) is 5.55. The Bertz CT molecular complexity index is 810. The van der Waals surface area contributed by atoms with Gasteiger partial charge in [-0.1, -0.05) is 37.5 Å². The molecule has 154 valence electrons. The van der Waals surface area contributed by atoms with Crippen LogP contribution in [0.25, 0.3) is 0 Å². The molecule has 0 bridgehead atoms. The second-order valence-corrected chi connectivity index (χ2v) is 8.52. The maximum absolute atomic E-state index is 12.4. The molecule has 1 aromatic rings. The number of aryl methyl sites for hydroxylation is 1. The van der Waals surface area contributed by atoms with Crippen LogP contribution in [-0.4, -0.2) is 46.1 Å². The fourth-order valence-electron chi connectivity index (χ4n) is 3.00. The highest BCUT2D eigenvalue weighted by Gasteiger charge is 2.44. The van der Waals surface area contributed by atoms with Gasteiger partial charge in [-0.2, -0.15) is 8.42 Å². The Morgan fingerprint density at radius 1 is 1.21 bits per heavy atom. The van der Waals surface area contributed by atoms with Gasteiger partial charge < -0.3 is 14.2 Å². The number of benzene rings is 1. The van der Waals surface area contributed by atoms with Crippen molar-refractivity contribution >= 4 is 16.1 Å². The van der Waals surface area contributed by atoms with Crippen LogP contribution in [-0.2, 0) is 33.3 Å². The molecule has 28 heavy (non-hydrogen) atoms. The van der Waals surface area contributed by atoms with Crippen molar-refractivity contribution < 1.29 is 31.6 Å². The first-order valence-electron chi connectivity index (χ1n) is 8.99. The average Bonchev–Trinajstić information content (AvgIpc) is 2.64. The van der Waals surface area contributed by atoms with E-state index >= 15 is 0 Å². The number of terminal acetylenes is 1. The Kier molecular flexibility index (Phi) is 7.61. The zero-order chi connectivity index (χ0) is 20.9. The maximum atomic E-state index is 12.4. The molecule has 0 saturated carbocycles. The summed E-state index contributed by atoms with van der Waals surface area (Å²) >= 11 is 0. The van der Waals surface area contributed by atoms with Crippen molar-refractivity contribution in [2.24, 2.45) is 11.8 Å². The molecule has 1 saturated heterocycles. The fraction of sp³-hybridized carbons (Fsp3) is 0.550. The monoisotopic (exact) mass is 410 g/mol. The molecular weight excluding hydrogens is 384 g/mol. The van der Waals surface area contributed by atoms with Crippen molar-refractivity contribution in [1.29, 1.82) is 0 Å². The van der Waals surface area contributed by atoms with Crippen molar-refractivity contribution in [2.75, 3.05) is 13.2 Å². The Morgan fingerprint density at radius 3 is 2.43 bits per heavy atom. The summed E-state index contributed by atoms with van der Waals surface area (Å²) in [6.07, 6.45) is 3.11. The molecular formula is C20H26O7S. The number of carbonyl (C=O) groups excluding carboxylic acids is 1. The number of carbonyl (C=O) groups is 1. The summed E-state index contributed by atoms with van der Waals surface area (Å²) in [6.45, 7) is 6.72. The molecule has 5 atom stereocenters. The van der Waals surface area contributed by atoms with E-state index in [1.807, 2.05) is 20.8 Å². The molecule has 0 radical (unpaired) electrons. The first-order chi connectivity index (χ1) is 13.2. The zero-order valence-corrected chi connectivity index (χ0v) is 17.3. The highest BCUT2D eigenvalue weighted by Crippen LogP contribution is 2.34. The summed E-state index contributed by atoms with van der Waals surface area (Å²) in [7, 11) is -3.92. The number of ether oxygens (including phenoxy) is 3. The maximum Gasteiger partial charge on any atom is 0.303 e. The lowest BCUT2D eigenvalue weighted by Gasteiger charge is -2.43. The molecule has 0 amide bonds. The minimum Gasteiger partial charge on any atom is -0.457 e. The lowest BCUT2D eigenvalue weighted by molar-refractivity contribution is -0.274. The van der Waals surface area contributed by atoms with Crippen LogP contribution in [0.4, 0.5) is 0 Å². The van der Waals surface area contributed by atoms with Gasteiger partial charge in [0.05, 0.1) is 17.6 Å². The molecule has 1 aliphatic rings. The topological polar surface area (TPSA) is 88.1 Å². The van der Waals surface area contributed by atoms with E-state index < -0.39 is 34.6 Å². The minimum absolute atomic E-state index is 0.0290. The molecule has 2 rings (SSSR count). The average molecular weight is 410 g/mol. The van der Waals surface area contributed by atoms with Gasteiger partial charge in [0.25, 0.3) is 10.1 Å². The molecule has 1 heterocycles. The summed E-state index contributed by atoms with van der Waals surface area (Å²) in [5.41, 5.74) is 0.946. The van der Waals surface area contributed by atoms with Crippen LogP contribution in [0.1, 0.15) is 26.3 Å². The number of esters is 1. The van der Waals surface area contributed by atoms with E-state index in [0.717, 1.165) is 5.56 Å². The van der Waals surface area contributed by atoms with Crippen LogP contribution in [0.5, 0.6) is 0 Å². The van der Waals surface area contributed by atoms with E-state index in [1.165, 1.54) is 19.1 Å². The summed E-state index contributed by atoms with van der Waals surface area (Å²) in [4.78, 5) is 11.5. The van der Waals surface area contributed by atoms with E-state index in [-0.39, 0.29) is 29.9 Å². The SMILES string of the molecule is C#CCOC1OC(COS(=O)(=O)c2ccc(C)cc2)C(C)C(C)C1OC(C)=O. The van der Waals surface area contributed by atoms with Crippen LogP contribution in [0, 0.1) is 31.1 Å². The van der Waals surface area contributed by atoms with E-state index in [9.17, 15) is 13.2 Å². The van der Waals surface area contributed by atoms with Crippen molar-refractivity contribution in [3.05, 3.63) is 29.8 Å². The van der Waals surface area contributed by atoms with Crippen LogP contribution in [0.3, 0.4) is 0 Å². The first kappa shape index (κ1) is 22.4. The largest absolute Gasteiger partial charge is 0.457 e. The Hall–Kier alpha value is -1.92.